The van der Waals surface area contributed by atoms with Crippen molar-refractivity contribution >= 4 is 66.5 Å². The number of ether oxygens (including phenoxy) is 1. The maximum atomic E-state index is 12.6. The number of hydrogen-bond acceptors (Lipinski definition) is 5. The summed E-state index contributed by atoms with van der Waals surface area (Å²) in [5, 5.41) is 5.27. The molecule has 2 N–H and O–H groups in total. The van der Waals surface area contributed by atoms with Gasteiger partial charge < -0.3 is 14.5 Å². The maximum absolute atomic E-state index is 12.6. The summed E-state index contributed by atoms with van der Waals surface area (Å²) >= 11 is 6.71. The van der Waals surface area contributed by atoms with E-state index >= 15 is 0 Å². The summed E-state index contributed by atoms with van der Waals surface area (Å²) in [6.07, 6.45) is 0. The molecule has 1 aromatic heterocycles. The van der Waals surface area contributed by atoms with Gasteiger partial charge in [0.2, 0.25) is 5.91 Å². The van der Waals surface area contributed by atoms with Gasteiger partial charge in [0.05, 0.1) is 17.1 Å². The Morgan fingerprint density at radius 2 is 1.92 bits per heavy atom. The van der Waals surface area contributed by atoms with E-state index in [1.165, 1.54) is 14.0 Å². The van der Waals surface area contributed by atoms with Gasteiger partial charge in [-0.1, -0.05) is 15.9 Å². The second-order valence-electron chi connectivity index (χ2n) is 5.31. The summed E-state index contributed by atoms with van der Waals surface area (Å²) < 4.78 is 12.2. The van der Waals surface area contributed by atoms with Gasteiger partial charge in [-0.25, -0.2) is 0 Å². The third-order valence-corrected chi connectivity index (χ3v) is 4.43. The van der Waals surface area contributed by atoms with Gasteiger partial charge in [-0.3, -0.25) is 14.9 Å². The molecule has 1 heterocycles. The molecule has 0 saturated heterocycles. The van der Waals surface area contributed by atoms with E-state index in [9.17, 15) is 9.59 Å². The predicted octanol–water partition coefficient (Wildman–Crippen LogP) is 4.57. The number of amides is 2. The van der Waals surface area contributed by atoms with Crippen LogP contribution in [0.2, 0.25) is 0 Å². The van der Waals surface area contributed by atoms with Gasteiger partial charge in [0.1, 0.15) is 11.3 Å². The first-order chi connectivity index (χ1) is 12.4. The number of nitrogens with one attached hydrogen (secondary N) is 2. The van der Waals surface area contributed by atoms with Crippen LogP contribution < -0.4 is 15.4 Å². The van der Waals surface area contributed by atoms with Crippen LogP contribution in [0.25, 0.3) is 11.1 Å². The minimum Gasteiger partial charge on any atom is -0.495 e. The molecule has 3 aromatic rings. The fourth-order valence-corrected chi connectivity index (χ4v) is 3.75. The van der Waals surface area contributed by atoms with Crippen molar-refractivity contribution in [3.8, 4) is 5.75 Å². The fraction of sp³-hybridized carbons (Fsp3) is 0.118. The molecule has 0 unspecified atom stereocenters. The maximum Gasteiger partial charge on any atom is 0.302 e. The molecule has 0 radical (unpaired) electrons. The highest BCUT2D eigenvalue weighted by Crippen LogP contribution is 2.33. The van der Waals surface area contributed by atoms with Crippen molar-refractivity contribution in [2.45, 2.75) is 6.92 Å². The number of carbonyl (C=O) groups excluding carboxylic acids is 2. The zero-order valence-electron chi connectivity index (χ0n) is 13.7. The van der Waals surface area contributed by atoms with Crippen LogP contribution >= 0.6 is 31.9 Å². The van der Waals surface area contributed by atoms with E-state index in [0.29, 0.717) is 37.0 Å². The number of hydrogen-bond donors (Lipinski definition) is 2. The van der Waals surface area contributed by atoms with Crippen molar-refractivity contribution in [2.24, 2.45) is 0 Å². The predicted molar refractivity (Wildman–Crippen MR) is 105 cm³/mol. The minimum absolute atomic E-state index is 0.0446. The Morgan fingerprint density at radius 3 is 2.62 bits per heavy atom. The van der Waals surface area contributed by atoms with Crippen LogP contribution in [0.5, 0.6) is 5.75 Å². The molecule has 0 bridgehead atoms. The molecule has 0 atom stereocenters. The molecule has 2 amide bonds. The van der Waals surface area contributed by atoms with E-state index in [1.807, 2.05) is 0 Å². The number of benzene rings is 2. The van der Waals surface area contributed by atoms with Gasteiger partial charge in [0.15, 0.2) is 5.58 Å². The van der Waals surface area contributed by atoms with Crippen LogP contribution in [-0.4, -0.2) is 23.9 Å². The zero-order chi connectivity index (χ0) is 18.8. The SMILES string of the molecule is COc1c(Br)cc(Br)cc1C(=O)Nc1nc2ccc(NC(C)=O)cc2o1. The lowest BCUT2D eigenvalue weighted by Gasteiger charge is -2.10. The molecule has 0 saturated carbocycles. The first-order valence-corrected chi connectivity index (χ1v) is 8.98. The van der Waals surface area contributed by atoms with Crippen LogP contribution in [0.15, 0.2) is 43.7 Å². The van der Waals surface area contributed by atoms with Crippen LogP contribution in [-0.2, 0) is 4.79 Å². The molecule has 0 aliphatic heterocycles. The van der Waals surface area contributed by atoms with Crippen molar-refractivity contribution in [1.82, 2.24) is 4.98 Å². The average molecular weight is 483 g/mol. The monoisotopic (exact) mass is 481 g/mol. The van der Waals surface area contributed by atoms with E-state index in [-0.39, 0.29) is 11.9 Å². The van der Waals surface area contributed by atoms with Gasteiger partial charge >= 0.3 is 6.01 Å². The van der Waals surface area contributed by atoms with Gasteiger partial charge in [0, 0.05) is 23.2 Å². The molecule has 0 spiro atoms. The Labute approximate surface area is 165 Å². The van der Waals surface area contributed by atoms with Gasteiger partial charge in [0.25, 0.3) is 5.91 Å². The standard InChI is InChI=1S/C17H13Br2N3O4/c1-8(23)20-10-3-4-13-14(7-10)26-17(21-13)22-16(24)11-5-9(18)6-12(19)15(11)25-2/h3-7H,1-2H3,(H,20,23)(H,21,22,24). The van der Waals surface area contributed by atoms with E-state index in [2.05, 4.69) is 47.5 Å². The van der Waals surface area contributed by atoms with Crippen molar-refractivity contribution < 1.29 is 18.7 Å². The Balaban J connectivity index is 1.89. The number of anilines is 2. The molecule has 134 valence electrons. The van der Waals surface area contributed by atoms with Crippen LogP contribution in [0.1, 0.15) is 17.3 Å². The quantitative estimate of drug-likeness (QED) is 0.568. The number of oxazole rings is 1. The largest absolute Gasteiger partial charge is 0.495 e. The Kier molecular flexibility index (Phi) is 5.28. The Bertz CT molecular complexity index is 1020. The van der Waals surface area contributed by atoms with E-state index in [0.717, 1.165) is 0 Å². The fourth-order valence-electron chi connectivity index (χ4n) is 2.36. The van der Waals surface area contributed by atoms with Crippen molar-refractivity contribution in [3.05, 3.63) is 44.8 Å². The summed E-state index contributed by atoms with van der Waals surface area (Å²) in [7, 11) is 1.48. The number of fused-ring (bicyclic) bond motifs is 1. The molecule has 26 heavy (non-hydrogen) atoms. The third kappa shape index (κ3) is 3.88. The van der Waals surface area contributed by atoms with Crippen molar-refractivity contribution in [3.63, 3.8) is 0 Å². The second-order valence-corrected chi connectivity index (χ2v) is 7.08. The molecule has 0 aliphatic carbocycles. The van der Waals surface area contributed by atoms with Crippen LogP contribution in [0.4, 0.5) is 11.7 Å². The van der Waals surface area contributed by atoms with Crippen LogP contribution in [0, 0.1) is 0 Å². The van der Waals surface area contributed by atoms with Crippen LogP contribution in [0.3, 0.4) is 0 Å². The Morgan fingerprint density at radius 1 is 1.15 bits per heavy atom. The number of halogens is 2. The number of rotatable bonds is 4. The molecular weight excluding hydrogens is 470 g/mol. The number of methoxy groups -OCH3 is 1. The molecule has 3 rings (SSSR count). The Hall–Kier alpha value is -2.39. The summed E-state index contributed by atoms with van der Waals surface area (Å²) in [6, 6.07) is 8.48. The highest BCUT2D eigenvalue weighted by Gasteiger charge is 2.18. The molecule has 9 heteroatoms. The molecule has 0 fully saturated rings. The molecule has 2 aromatic carbocycles. The minimum atomic E-state index is -0.433. The van der Waals surface area contributed by atoms with Gasteiger partial charge in [-0.15, -0.1) is 0 Å². The topological polar surface area (TPSA) is 93.5 Å². The summed E-state index contributed by atoms with van der Waals surface area (Å²) in [6.45, 7) is 1.42. The van der Waals surface area contributed by atoms with E-state index < -0.39 is 5.91 Å². The molecule has 7 nitrogen and oxygen atoms in total. The number of aromatic nitrogens is 1. The normalized spacial score (nSPS) is 10.6. The lowest BCUT2D eigenvalue weighted by atomic mass is 10.2. The summed E-state index contributed by atoms with van der Waals surface area (Å²) in [5.74, 6) is -0.225. The zero-order valence-corrected chi connectivity index (χ0v) is 16.9. The lowest BCUT2D eigenvalue weighted by molar-refractivity contribution is -0.114. The molecule has 0 aliphatic rings. The third-order valence-electron chi connectivity index (χ3n) is 3.39. The van der Waals surface area contributed by atoms with Crippen molar-refractivity contribution in [2.75, 3.05) is 17.7 Å². The summed E-state index contributed by atoms with van der Waals surface area (Å²) in [5.41, 5.74) is 1.89. The summed E-state index contributed by atoms with van der Waals surface area (Å²) in [4.78, 5) is 28.0. The first kappa shape index (κ1) is 18.4. The van der Waals surface area contributed by atoms with Gasteiger partial charge in [-0.05, 0) is 40.2 Å². The van der Waals surface area contributed by atoms with Gasteiger partial charge in [-0.2, -0.15) is 4.98 Å². The number of carbonyl (C=O) groups is 2. The smallest absolute Gasteiger partial charge is 0.302 e. The lowest BCUT2D eigenvalue weighted by Crippen LogP contribution is -2.13. The van der Waals surface area contributed by atoms with Crippen molar-refractivity contribution in [1.29, 1.82) is 0 Å². The highest BCUT2D eigenvalue weighted by molar-refractivity contribution is 9.11. The van der Waals surface area contributed by atoms with E-state index in [1.54, 1.807) is 30.3 Å². The molecular formula is C17H13Br2N3O4. The van der Waals surface area contributed by atoms with E-state index in [4.69, 9.17) is 9.15 Å². The first-order valence-electron chi connectivity index (χ1n) is 7.40. The highest BCUT2D eigenvalue weighted by atomic mass is 79.9. The second kappa shape index (κ2) is 7.46. The average Bonchev–Trinajstić information content (AvgIpc) is 2.95. The number of nitrogens with zero attached hydrogens (tertiary/aromatic N) is 1.